The number of nitrogens with zero attached hydrogens (tertiary/aromatic N) is 1. The van der Waals surface area contributed by atoms with E-state index in [4.69, 9.17) is 0 Å². The fourth-order valence-electron chi connectivity index (χ4n) is 4.93. The molecule has 138 valence electrons. The van der Waals surface area contributed by atoms with Crippen molar-refractivity contribution in [3.63, 3.8) is 0 Å². The van der Waals surface area contributed by atoms with Gasteiger partial charge in [0.1, 0.15) is 6.54 Å². The first-order valence-electron chi connectivity index (χ1n) is 9.81. The summed E-state index contributed by atoms with van der Waals surface area (Å²) >= 11 is 0. The zero-order valence-electron chi connectivity index (χ0n) is 15.1. The van der Waals surface area contributed by atoms with Crippen molar-refractivity contribution in [2.24, 2.45) is 5.41 Å². The number of rotatable bonds is 3. The zero-order valence-corrected chi connectivity index (χ0v) is 15.1. The van der Waals surface area contributed by atoms with Gasteiger partial charge in [-0.2, -0.15) is 0 Å². The minimum absolute atomic E-state index is 0.0242. The first kappa shape index (κ1) is 17.3. The van der Waals surface area contributed by atoms with Crippen LogP contribution in [0.25, 0.3) is 0 Å². The minimum atomic E-state index is -0.521. The summed E-state index contributed by atoms with van der Waals surface area (Å²) in [6.45, 7) is -0.141. The summed E-state index contributed by atoms with van der Waals surface area (Å²) in [5, 5.41) is 3.05. The molecule has 26 heavy (non-hydrogen) atoms. The zero-order chi connectivity index (χ0) is 18.1. The maximum Gasteiger partial charge on any atom is 0.240 e. The number of aryl methyl sites for hydroxylation is 1. The molecule has 2 fully saturated rings. The molecule has 1 saturated heterocycles. The number of nitrogens with one attached hydrogen (secondary N) is 1. The molecule has 5 nitrogen and oxygen atoms in total. The van der Waals surface area contributed by atoms with Crippen molar-refractivity contribution >= 4 is 17.7 Å². The first-order chi connectivity index (χ1) is 12.6. The average molecular weight is 354 g/mol. The van der Waals surface area contributed by atoms with Gasteiger partial charge in [-0.05, 0) is 43.2 Å². The summed E-state index contributed by atoms with van der Waals surface area (Å²) in [6, 6.07) is 8.15. The highest BCUT2D eigenvalue weighted by atomic mass is 16.2. The van der Waals surface area contributed by atoms with Crippen LogP contribution in [-0.4, -0.2) is 29.2 Å². The Labute approximate surface area is 154 Å². The van der Waals surface area contributed by atoms with E-state index in [9.17, 15) is 14.4 Å². The molecular weight excluding hydrogens is 328 g/mol. The Hall–Kier alpha value is -2.17. The summed E-state index contributed by atoms with van der Waals surface area (Å²) in [6.07, 6.45) is 7.94. The van der Waals surface area contributed by atoms with Gasteiger partial charge in [-0.15, -0.1) is 0 Å². The smallest absolute Gasteiger partial charge is 0.240 e. The second kappa shape index (κ2) is 6.86. The fourth-order valence-corrected chi connectivity index (χ4v) is 4.93. The van der Waals surface area contributed by atoms with Gasteiger partial charge in [0.25, 0.3) is 0 Å². The van der Waals surface area contributed by atoms with Gasteiger partial charge in [-0.25, -0.2) is 0 Å². The number of carbonyl (C=O) groups is 3. The maximum atomic E-state index is 12.8. The van der Waals surface area contributed by atoms with E-state index in [0.717, 1.165) is 56.9 Å². The van der Waals surface area contributed by atoms with Crippen LogP contribution in [0.1, 0.15) is 68.5 Å². The molecular formula is C21H26N2O3. The number of hydrogen-bond donors (Lipinski definition) is 1. The molecule has 0 bridgehead atoms. The third-order valence-corrected chi connectivity index (χ3v) is 6.31. The molecule has 1 aromatic carbocycles. The van der Waals surface area contributed by atoms with Crippen molar-refractivity contribution in [1.82, 2.24) is 10.2 Å². The third-order valence-electron chi connectivity index (χ3n) is 6.31. The third kappa shape index (κ3) is 3.04. The van der Waals surface area contributed by atoms with Crippen LogP contribution in [-0.2, 0) is 20.8 Å². The van der Waals surface area contributed by atoms with Crippen LogP contribution in [0.5, 0.6) is 0 Å². The van der Waals surface area contributed by atoms with Gasteiger partial charge in [0.2, 0.25) is 17.7 Å². The lowest BCUT2D eigenvalue weighted by Gasteiger charge is -2.30. The van der Waals surface area contributed by atoms with Crippen LogP contribution in [0.2, 0.25) is 0 Å². The predicted octanol–water partition coefficient (Wildman–Crippen LogP) is 2.89. The molecule has 1 N–H and O–H groups in total. The molecule has 3 amide bonds. The predicted molar refractivity (Wildman–Crippen MR) is 97.1 cm³/mol. The lowest BCUT2D eigenvalue weighted by atomic mass is 9.73. The molecule has 0 radical (unpaired) electrons. The summed E-state index contributed by atoms with van der Waals surface area (Å²) < 4.78 is 0. The molecule has 1 aromatic rings. The SMILES string of the molecule is O=C(CN1C(=O)CC2(CCCCC2)C1=O)N[C@@H]1CCCc2ccccc21. The maximum absolute atomic E-state index is 12.8. The van der Waals surface area contributed by atoms with E-state index >= 15 is 0 Å². The van der Waals surface area contributed by atoms with Gasteiger partial charge in [0, 0.05) is 6.42 Å². The first-order valence-corrected chi connectivity index (χ1v) is 9.81. The molecule has 2 aliphatic carbocycles. The molecule has 1 saturated carbocycles. The van der Waals surface area contributed by atoms with Crippen molar-refractivity contribution < 1.29 is 14.4 Å². The van der Waals surface area contributed by atoms with Crippen molar-refractivity contribution in [1.29, 1.82) is 0 Å². The fraction of sp³-hybridized carbons (Fsp3) is 0.571. The Morgan fingerprint density at radius 3 is 2.69 bits per heavy atom. The van der Waals surface area contributed by atoms with E-state index in [-0.39, 0.29) is 36.7 Å². The van der Waals surface area contributed by atoms with E-state index in [1.165, 1.54) is 10.5 Å². The minimum Gasteiger partial charge on any atom is -0.348 e. The summed E-state index contributed by atoms with van der Waals surface area (Å²) in [7, 11) is 0. The highest BCUT2D eigenvalue weighted by molar-refractivity contribution is 6.08. The topological polar surface area (TPSA) is 66.5 Å². The number of hydrogen-bond acceptors (Lipinski definition) is 3. The van der Waals surface area contributed by atoms with Crippen molar-refractivity contribution in [2.45, 2.75) is 63.8 Å². The largest absolute Gasteiger partial charge is 0.348 e. The lowest BCUT2D eigenvalue weighted by molar-refractivity contribution is -0.145. The van der Waals surface area contributed by atoms with Crippen molar-refractivity contribution in [3.05, 3.63) is 35.4 Å². The van der Waals surface area contributed by atoms with E-state index in [1.54, 1.807) is 0 Å². The van der Waals surface area contributed by atoms with Gasteiger partial charge in [0.05, 0.1) is 11.5 Å². The van der Waals surface area contributed by atoms with Gasteiger partial charge in [0.15, 0.2) is 0 Å². The van der Waals surface area contributed by atoms with Crippen LogP contribution in [0.3, 0.4) is 0 Å². The van der Waals surface area contributed by atoms with Crippen LogP contribution >= 0.6 is 0 Å². The molecule has 1 heterocycles. The van der Waals surface area contributed by atoms with E-state index < -0.39 is 5.41 Å². The highest BCUT2D eigenvalue weighted by Crippen LogP contribution is 2.45. The van der Waals surface area contributed by atoms with Gasteiger partial charge in [-0.1, -0.05) is 43.5 Å². The number of carbonyl (C=O) groups excluding carboxylic acids is 3. The van der Waals surface area contributed by atoms with Gasteiger partial charge < -0.3 is 5.32 Å². The van der Waals surface area contributed by atoms with Crippen molar-refractivity contribution in [2.75, 3.05) is 6.54 Å². The van der Waals surface area contributed by atoms with Gasteiger partial charge in [-0.3, -0.25) is 19.3 Å². The molecule has 1 spiro atoms. The highest BCUT2D eigenvalue weighted by Gasteiger charge is 2.51. The standard InChI is InChI=1S/C21H26N2O3/c24-18(22-17-10-6-8-15-7-2-3-9-16(15)17)14-23-19(25)13-21(20(23)26)11-4-1-5-12-21/h2-3,7,9,17H,1,4-6,8,10-14H2,(H,22,24)/t17-/m1/s1. The second-order valence-electron chi connectivity index (χ2n) is 8.01. The molecule has 5 heteroatoms. The number of fused-ring (bicyclic) bond motifs is 1. The lowest BCUT2D eigenvalue weighted by Crippen LogP contribution is -2.44. The number of likely N-dealkylation sites (tertiary alicyclic amines) is 1. The number of imide groups is 1. The van der Waals surface area contributed by atoms with Crippen LogP contribution in [0.15, 0.2) is 24.3 Å². The Morgan fingerprint density at radius 2 is 1.88 bits per heavy atom. The molecule has 1 atom stereocenters. The molecule has 4 rings (SSSR count). The molecule has 0 unspecified atom stereocenters. The Bertz CT molecular complexity index is 737. The average Bonchev–Trinajstić information content (AvgIpc) is 2.87. The Morgan fingerprint density at radius 1 is 1.12 bits per heavy atom. The van der Waals surface area contributed by atoms with E-state index in [1.807, 2.05) is 12.1 Å². The Kier molecular flexibility index (Phi) is 4.55. The monoisotopic (exact) mass is 354 g/mol. The summed E-state index contributed by atoms with van der Waals surface area (Å²) in [4.78, 5) is 39.0. The van der Waals surface area contributed by atoms with Crippen LogP contribution in [0, 0.1) is 5.41 Å². The number of amides is 3. The summed E-state index contributed by atoms with van der Waals surface area (Å²) in [5.41, 5.74) is 1.92. The van der Waals surface area contributed by atoms with E-state index in [0.29, 0.717) is 0 Å². The Balaban J connectivity index is 1.43. The number of benzene rings is 1. The molecule has 0 aromatic heterocycles. The summed E-state index contributed by atoms with van der Waals surface area (Å²) in [5.74, 6) is -0.543. The second-order valence-corrected chi connectivity index (χ2v) is 8.01. The van der Waals surface area contributed by atoms with Crippen molar-refractivity contribution in [3.8, 4) is 0 Å². The molecule has 3 aliphatic rings. The molecule has 1 aliphatic heterocycles. The van der Waals surface area contributed by atoms with Gasteiger partial charge >= 0.3 is 0 Å². The normalized spacial score (nSPS) is 24.6. The van der Waals surface area contributed by atoms with E-state index in [2.05, 4.69) is 17.4 Å². The quantitative estimate of drug-likeness (QED) is 0.849. The van der Waals surface area contributed by atoms with Crippen LogP contribution < -0.4 is 5.32 Å². The van der Waals surface area contributed by atoms with Crippen LogP contribution in [0.4, 0.5) is 0 Å².